The zero-order valence-corrected chi connectivity index (χ0v) is 21.0. The number of benzene rings is 3. The average molecular weight is 530 g/mol. The zero-order valence-electron chi connectivity index (χ0n) is 20.2. The molecule has 1 aromatic heterocycles. The van der Waals surface area contributed by atoms with Gasteiger partial charge in [0, 0.05) is 24.3 Å². The van der Waals surface area contributed by atoms with Gasteiger partial charge in [-0.25, -0.2) is 13.1 Å². The number of nitrogens with one attached hydrogen (secondary N) is 2. The molecule has 4 aromatic rings. The Morgan fingerprint density at radius 3 is 2.32 bits per heavy atom. The summed E-state index contributed by atoms with van der Waals surface area (Å²) in [6.07, 6.45) is -4.64. The van der Waals surface area contributed by atoms with Crippen molar-refractivity contribution in [3.63, 3.8) is 0 Å². The number of nitrogens with zero attached hydrogens (tertiary/aromatic N) is 2. The van der Waals surface area contributed by atoms with E-state index in [0.717, 1.165) is 17.2 Å². The predicted molar refractivity (Wildman–Crippen MR) is 138 cm³/mol. The second-order valence-electron chi connectivity index (χ2n) is 8.54. The number of hydrogen-bond acceptors (Lipinski definition) is 5. The molecule has 0 aliphatic carbocycles. The minimum absolute atomic E-state index is 0.0481. The second kappa shape index (κ2) is 10.3. The third kappa shape index (κ3) is 5.95. The van der Waals surface area contributed by atoms with Crippen LogP contribution in [0.15, 0.2) is 77.7 Å². The lowest BCUT2D eigenvalue weighted by molar-refractivity contribution is -0.141. The van der Waals surface area contributed by atoms with Gasteiger partial charge < -0.3 is 11.1 Å². The first-order chi connectivity index (χ1) is 17.5. The van der Waals surface area contributed by atoms with Gasteiger partial charge in [0.2, 0.25) is 0 Å². The summed E-state index contributed by atoms with van der Waals surface area (Å²) < 4.78 is 70.2. The van der Waals surface area contributed by atoms with E-state index in [4.69, 9.17) is 5.73 Å². The Bertz CT molecular complexity index is 1510. The van der Waals surface area contributed by atoms with E-state index in [1.54, 1.807) is 37.3 Å². The molecule has 0 spiro atoms. The molecule has 4 rings (SSSR count). The highest BCUT2D eigenvalue weighted by atomic mass is 32.2. The van der Waals surface area contributed by atoms with E-state index in [9.17, 15) is 21.6 Å². The van der Waals surface area contributed by atoms with Gasteiger partial charge in [-0.2, -0.15) is 18.3 Å². The molecule has 7 nitrogen and oxygen atoms in total. The lowest BCUT2D eigenvalue weighted by Gasteiger charge is -2.13. The van der Waals surface area contributed by atoms with Gasteiger partial charge in [-0.15, -0.1) is 0 Å². The minimum atomic E-state index is -4.64. The third-order valence-corrected chi connectivity index (χ3v) is 7.05. The van der Waals surface area contributed by atoms with Crippen molar-refractivity contribution >= 4 is 21.4 Å². The highest BCUT2D eigenvalue weighted by Gasteiger charge is 2.35. The molecule has 194 valence electrons. The molecule has 0 amide bonds. The van der Waals surface area contributed by atoms with E-state index in [-0.39, 0.29) is 10.6 Å². The van der Waals surface area contributed by atoms with Crippen molar-refractivity contribution in [2.45, 2.75) is 24.9 Å². The van der Waals surface area contributed by atoms with Gasteiger partial charge in [0.05, 0.1) is 22.0 Å². The number of nitrogens with two attached hydrogens (primary N) is 1. The minimum Gasteiger partial charge on any atom is -0.384 e. The van der Waals surface area contributed by atoms with Gasteiger partial charge in [-0.1, -0.05) is 23.8 Å². The van der Waals surface area contributed by atoms with Crippen LogP contribution in [0.3, 0.4) is 0 Å². The molecule has 0 bridgehead atoms. The number of halogens is 3. The summed E-state index contributed by atoms with van der Waals surface area (Å²) in [5, 5.41) is 6.88. The first-order valence-electron chi connectivity index (χ1n) is 11.4. The van der Waals surface area contributed by atoms with E-state index < -0.39 is 21.9 Å². The summed E-state index contributed by atoms with van der Waals surface area (Å²) in [6.45, 7) is 4.62. The fraction of sp³-hybridized carbons (Fsp3) is 0.192. The van der Waals surface area contributed by atoms with Crippen LogP contribution >= 0.6 is 0 Å². The number of aromatic nitrogens is 2. The highest BCUT2D eigenvalue weighted by Crippen LogP contribution is 2.35. The molecule has 4 N–H and O–H groups in total. The van der Waals surface area contributed by atoms with Crippen LogP contribution in [0.25, 0.3) is 16.9 Å². The van der Waals surface area contributed by atoms with E-state index in [0.29, 0.717) is 35.7 Å². The normalized spacial score (nSPS) is 11.9. The number of rotatable bonds is 8. The number of sulfonamides is 1. The summed E-state index contributed by atoms with van der Waals surface area (Å²) in [5.74, 6) is 0. The molecule has 0 aliphatic heterocycles. The SMILES string of the molecule is Cc1ccc(C)c(-c2cc(C(F)(F)F)nn2-c2ccc(S(=O)(=O)Nc3cccc(NCCN)c3)cc2)c1. The molecule has 0 unspecified atom stereocenters. The van der Waals surface area contributed by atoms with Gasteiger partial charge in [0.15, 0.2) is 5.69 Å². The Morgan fingerprint density at radius 2 is 1.65 bits per heavy atom. The van der Waals surface area contributed by atoms with Gasteiger partial charge in [-0.05, 0) is 74.0 Å². The molecule has 0 aliphatic rings. The van der Waals surface area contributed by atoms with Crippen LogP contribution in [0.2, 0.25) is 0 Å². The Labute approximate surface area is 213 Å². The molecule has 0 saturated heterocycles. The Kier molecular flexibility index (Phi) is 7.28. The first-order valence-corrected chi connectivity index (χ1v) is 12.9. The Balaban J connectivity index is 1.68. The van der Waals surface area contributed by atoms with E-state index >= 15 is 0 Å². The average Bonchev–Trinajstić information content (AvgIpc) is 3.30. The maximum absolute atomic E-state index is 13.5. The molecule has 3 aromatic carbocycles. The number of hydrogen-bond donors (Lipinski definition) is 3. The van der Waals surface area contributed by atoms with Crippen molar-refractivity contribution in [2.24, 2.45) is 5.73 Å². The maximum Gasteiger partial charge on any atom is 0.435 e. The number of alkyl halides is 3. The van der Waals surface area contributed by atoms with Crippen LogP contribution < -0.4 is 15.8 Å². The summed E-state index contributed by atoms with van der Waals surface area (Å²) in [5.41, 5.74) is 8.33. The Morgan fingerprint density at radius 1 is 0.946 bits per heavy atom. The van der Waals surface area contributed by atoms with Crippen LogP contribution in [-0.2, 0) is 16.2 Å². The number of anilines is 2. The molecule has 11 heteroatoms. The first kappa shape index (κ1) is 26.2. The lowest BCUT2D eigenvalue weighted by atomic mass is 10.0. The van der Waals surface area contributed by atoms with Gasteiger partial charge in [0.25, 0.3) is 10.0 Å². The fourth-order valence-corrected chi connectivity index (χ4v) is 4.86. The van der Waals surface area contributed by atoms with Crippen molar-refractivity contribution in [2.75, 3.05) is 23.1 Å². The topological polar surface area (TPSA) is 102 Å². The third-order valence-electron chi connectivity index (χ3n) is 5.65. The van der Waals surface area contributed by atoms with Crippen LogP contribution in [0, 0.1) is 13.8 Å². The summed E-state index contributed by atoms with van der Waals surface area (Å²) in [6, 6.07) is 18.7. The van der Waals surface area contributed by atoms with Gasteiger partial charge in [-0.3, -0.25) is 4.72 Å². The van der Waals surface area contributed by atoms with E-state index in [2.05, 4.69) is 15.1 Å². The van der Waals surface area contributed by atoms with Gasteiger partial charge >= 0.3 is 6.18 Å². The highest BCUT2D eigenvalue weighted by molar-refractivity contribution is 7.92. The van der Waals surface area contributed by atoms with Crippen LogP contribution in [-0.4, -0.2) is 31.3 Å². The standard InChI is InChI=1S/C26H26F3N5O2S/c1-17-6-7-18(2)23(14-17)24-16-25(26(27,28)29)32-34(24)21-8-10-22(11-9-21)37(35,36)33-20-5-3-4-19(15-20)31-13-12-30/h3-11,14-16,31,33H,12-13,30H2,1-2H3. The van der Waals surface area contributed by atoms with Gasteiger partial charge in [0.1, 0.15) is 0 Å². The summed E-state index contributed by atoms with van der Waals surface area (Å²) in [4.78, 5) is -0.0481. The van der Waals surface area contributed by atoms with Crippen LogP contribution in [0.1, 0.15) is 16.8 Å². The fourth-order valence-electron chi connectivity index (χ4n) is 3.81. The monoisotopic (exact) mass is 529 g/mol. The quantitative estimate of drug-likeness (QED) is 0.286. The zero-order chi connectivity index (χ0) is 26.8. The molecule has 1 heterocycles. The molecular formula is C26H26F3N5O2S. The largest absolute Gasteiger partial charge is 0.435 e. The lowest BCUT2D eigenvalue weighted by Crippen LogP contribution is -2.15. The molecule has 37 heavy (non-hydrogen) atoms. The Hall–Kier alpha value is -3.83. The smallest absolute Gasteiger partial charge is 0.384 e. The van der Waals surface area contributed by atoms with Crippen LogP contribution in [0.5, 0.6) is 0 Å². The van der Waals surface area contributed by atoms with E-state index in [1.807, 2.05) is 19.1 Å². The summed E-state index contributed by atoms with van der Waals surface area (Å²) >= 11 is 0. The molecule has 0 saturated carbocycles. The van der Waals surface area contributed by atoms with Crippen molar-refractivity contribution in [1.82, 2.24) is 9.78 Å². The van der Waals surface area contributed by atoms with E-state index in [1.165, 1.54) is 28.9 Å². The van der Waals surface area contributed by atoms with Crippen molar-refractivity contribution in [1.29, 1.82) is 0 Å². The maximum atomic E-state index is 13.5. The molecular weight excluding hydrogens is 503 g/mol. The van der Waals surface area contributed by atoms with Crippen molar-refractivity contribution < 1.29 is 21.6 Å². The van der Waals surface area contributed by atoms with Crippen LogP contribution in [0.4, 0.5) is 24.5 Å². The predicted octanol–water partition coefficient (Wildman–Crippen LogP) is 5.35. The second-order valence-corrected chi connectivity index (χ2v) is 10.2. The molecule has 0 fully saturated rings. The molecule has 0 atom stereocenters. The van der Waals surface area contributed by atoms with Crippen molar-refractivity contribution in [3.05, 3.63) is 89.6 Å². The molecule has 0 radical (unpaired) electrons. The van der Waals surface area contributed by atoms with Crippen molar-refractivity contribution in [3.8, 4) is 16.9 Å². The summed E-state index contributed by atoms with van der Waals surface area (Å²) in [7, 11) is -3.95. The number of aryl methyl sites for hydroxylation is 2.